The van der Waals surface area contributed by atoms with E-state index in [9.17, 15) is 9.59 Å². The molecule has 0 atom stereocenters. The Bertz CT molecular complexity index is 742. The third-order valence-corrected chi connectivity index (χ3v) is 3.38. The van der Waals surface area contributed by atoms with Crippen LogP contribution < -0.4 is 10.9 Å². The normalized spacial score (nSPS) is 11.0. The van der Waals surface area contributed by atoms with Gasteiger partial charge < -0.3 is 10.3 Å². The van der Waals surface area contributed by atoms with Crippen LogP contribution >= 0.6 is 0 Å². The van der Waals surface area contributed by atoms with Crippen molar-refractivity contribution in [2.75, 3.05) is 5.32 Å². The lowest BCUT2D eigenvalue weighted by Crippen LogP contribution is -2.27. The van der Waals surface area contributed by atoms with Gasteiger partial charge in [0.25, 0.3) is 11.5 Å². The van der Waals surface area contributed by atoms with Crippen molar-refractivity contribution in [2.45, 2.75) is 40.5 Å². The quantitative estimate of drug-likeness (QED) is 0.801. The minimum absolute atomic E-state index is 0.0134. The fraction of sp³-hybridized carbons (Fsp3) is 0.429. The zero-order valence-corrected chi connectivity index (χ0v) is 12.8. The van der Waals surface area contributed by atoms with Crippen molar-refractivity contribution in [2.24, 2.45) is 0 Å². The number of aromatic amines is 2. The van der Waals surface area contributed by atoms with Gasteiger partial charge in [-0.3, -0.25) is 14.7 Å². The first-order valence-corrected chi connectivity index (χ1v) is 6.75. The van der Waals surface area contributed by atoms with Gasteiger partial charge in [0, 0.05) is 17.2 Å². The molecule has 2 rings (SSSR count). The average Bonchev–Trinajstić information content (AvgIpc) is 2.69. The van der Waals surface area contributed by atoms with Crippen LogP contribution in [0, 0.1) is 20.8 Å². The molecule has 0 aliphatic carbocycles. The van der Waals surface area contributed by atoms with Crippen LogP contribution in [-0.2, 0) is 0 Å². The van der Waals surface area contributed by atoms with Crippen molar-refractivity contribution in [3.05, 3.63) is 38.7 Å². The van der Waals surface area contributed by atoms with Crippen molar-refractivity contribution in [3.63, 3.8) is 0 Å². The molecule has 0 unspecified atom stereocenters. The number of amides is 1. The molecular formula is C14H19N5O2. The van der Waals surface area contributed by atoms with Gasteiger partial charge in [0.2, 0.25) is 0 Å². The molecule has 0 saturated heterocycles. The van der Waals surface area contributed by atoms with Gasteiger partial charge in [-0.15, -0.1) is 0 Å². The van der Waals surface area contributed by atoms with Crippen molar-refractivity contribution in [1.82, 2.24) is 20.2 Å². The highest BCUT2D eigenvalue weighted by atomic mass is 16.2. The number of carbonyl (C=O) groups is 1. The van der Waals surface area contributed by atoms with Crippen molar-refractivity contribution in [3.8, 4) is 0 Å². The van der Waals surface area contributed by atoms with Crippen molar-refractivity contribution >= 4 is 11.7 Å². The lowest BCUT2D eigenvalue weighted by atomic mass is 10.1. The van der Waals surface area contributed by atoms with Gasteiger partial charge in [-0.25, -0.2) is 4.98 Å². The fourth-order valence-corrected chi connectivity index (χ4v) is 1.93. The summed E-state index contributed by atoms with van der Waals surface area (Å²) in [5.41, 5.74) is 1.69. The van der Waals surface area contributed by atoms with E-state index in [1.807, 2.05) is 27.7 Å². The number of nitrogens with zero attached hydrogens (tertiary/aromatic N) is 2. The highest BCUT2D eigenvalue weighted by Crippen LogP contribution is 2.15. The Morgan fingerprint density at radius 3 is 2.38 bits per heavy atom. The molecule has 0 spiro atoms. The maximum absolute atomic E-state index is 12.3. The Labute approximate surface area is 122 Å². The number of carbonyl (C=O) groups excluding carboxylic acids is 1. The number of aromatic nitrogens is 4. The number of nitrogens with one attached hydrogen (secondary N) is 3. The van der Waals surface area contributed by atoms with Crippen LogP contribution in [0.2, 0.25) is 0 Å². The van der Waals surface area contributed by atoms with Crippen LogP contribution in [0.15, 0.2) is 4.79 Å². The highest BCUT2D eigenvalue weighted by molar-refractivity contribution is 6.04. The van der Waals surface area contributed by atoms with E-state index in [1.165, 1.54) is 0 Å². The van der Waals surface area contributed by atoms with E-state index in [0.29, 0.717) is 17.3 Å². The summed E-state index contributed by atoms with van der Waals surface area (Å²) in [4.78, 5) is 31.3. The first kappa shape index (κ1) is 15.0. The number of anilines is 1. The van der Waals surface area contributed by atoms with Gasteiger partial charge in [0.05, 0.1) is 5.69 Å². The fourth-order valence-electron chi connectivity index (χ4n) is 1.93. The zero-order chi connectivity index (χ0) is 15.7. The SMILES string of the molecule is Cc1nc(C(C)C)[nH]c(=O)c1C(=O)Nc1n[nH]c(C)c1C. The number of rotatable bonds is 3. The van der Waals surface area contributed by atoms with Crippen molar-refractivity contribution in [1.29, 1.82) is 0 Å². The Kier molecular flexibility index (Phi) is 3.93. The Morgan fingerprint density at radius 2 is 1.90 bits per heavy atom. The van der Waals surface area contributed by atoms with Crippen LogP contribution in [0.4, 0.5) is 5.82 Å². The molecule has 0 fully saturated rings. The van der Waals surface area contributed by atoms with E-state index >= 15 is 0 Å². The molecule has 2 aromatic rings. The molecule has 3 N–H and O–H groups in total. The number of hydrogen-bond acceptors (Lipinski definition) is 4. The van der Waals surface area contributed by atoms with Gasteiger partial charge in [0.15, 0.2) is 5.82 Å². The molecule has 0 radical (unpaired) electrons. The Hall–Kier alpha value is -2.44. The summed E-state index contributed by atoms with van der Waals surface area (Å²) < 4.78 is 0. The van der Waals surface area contributed by atoms with E-state index in [-0.39, 0.29) is 11.5 Å². The average molecular weight is 289 g/mol. The molecule has 7 heteroatoms. The van der Waals surface area contributed by atoms with Gasteiger partial charge in [-0.05, 0) is 20.8 Å². The molecule has 112 valence electrons. The lowest BCUT2D eigenvalue weighted by molar-refractivity contribution is 0.102. The summed E-state index contributed by atoms with van der Waals surface area (Å²) in [5, 5.41) is 9.41. The first-order valence-electron chi connectivity index (χ1n) is 6.75. The van der Waals surface area contributed by atoms with Gasteiger partial charge in [-0.2, -0.15) is 5.10 Å². The summed E-state index contributed by atoms with van der Waals surface area (Å²) in [6, 6.07) is 0. The predicted octanol–water partition coefficient (Wildman–Crippen LogP) is 1.79. The molecule has 0 aromatic carbocycles. The summed E-state index contributed by atoms with van der Waals surface area (Å²) >= 11 is 0. The van der Waals surface area contributed by atoms with E-state index in [4.69, 9.17) is 0 Å². The molecule has 1 amide bonds. The molecule has 0 aliphatic rings. The summed E-state index contributed by atoms with van der Waals surface area (Å²) in [5.74, 6) is 0.570. The Morgan fingerprint density at radius 1 is 1.24 bits per heavy atom. The smallest absolute Gasteiger partial charge is 0.264 e. The number of aryl methyl sites for hydroxylation is 2. The third kappa shape index (κ3) is 2.86. The molecule has 2 heterocycles. The third-order valence-electron chi connectivity index (χ3n) is 3.38. The lowest BCUT2D eigenvalue weighted by Gasteiger charge is -2.09. The molecule has 0 saturated carbocycles. The van der Waals surface area contributed by atoms with E-state index < -0.39 is 11.5 Å². The van der Waals surface area contributed by atoms with E-state index in [2.05, 4.69) is 25.5 Å². The molecule has 0 bridgehead atoms. The maximum Gasteiger partial charge on any atom is 0.264 e. The minimum Gasteiger partial charge on any atom is -0.310 e. The van der Waals surface area contributed by atoms with Gasteiger partial charge in [-0.1, -0.05) is 13.8 Å². The largest absolute Gasteiger partial charge is 0.310 e. The first-order chi connectivity index (χ1) is 9.81. The van der Waals surface area contributed by atoms with Gasteiger partial charge in [0.1, 0.15) is 11.4 Å². The van der Waals surface area contributed by atoms with E-state index in [1.54, 1.807) is 6.92 Å². The monoisotopic (exact) mass is 289 g/mol. The predicted molar refractivity (Wildman–Crippen MR) is 79.7 cm³/mol. The van der Waals surface area contributed by atoms with Crippen LogP contribution in [0.5, 0.6) is 0 Å². The summed E-state index contributed by atoms with van der Waals surface area (Å²) in [6.07, 6.45) is 0. The van der Waals surface area contributed by atoms with E-state index in [0.717, 1.165) is 11.3 Å². The molecular weight excluding hydrogens is 270 g/mol. The number of hydrogen-bond donors (Lipinski definition) is 3. The van der Waals surface area contributed by atoms with Gasteiger partial charge >= 0.3 is 0 Å². The van der Waals surface area contributed by atoms with Crippen LogP contribution in [0.3, 0.4) is 0 Å². The second kappa shape index (κ2) is 5.51. The highest BCUT2D eigenvalue weighted by Gasteiger charge is 2.19. The second-order valence-corrected chi connectivity index (χ2v) is 5.34. The maximum atomic E-state index is 12.3. The van der Waals surface area contributed by atoms with Crippen molar-refractivity contribution < 1.29 is 4.79 Å². The standard InChI is InChI=1S/C14H19N5O2/c1-6(2)11-15-9(5)10(13(20)16-11)14(21)17-12-7(3)8(4)18-19-12/h6H,1-5H3,(H,15,16,20)(H2,17,18,19,21). The zero-order valence-electron chi connectivity index (χ0n) is 12.8. The summed E-state index contributed by atoms with van der Waals surface area (Å²) in [7, 11) is 0. The Balaban J connectivity index is 2.36. The minimum atomic E-state index is -0.508. The molecule has 21 heavy (non-hydrogen) atoms. The second-order valence-electron chi connectivity index (χ2n) is 5.34. The van der Waals surface area contributed by atoms with Crippen LogP contribution in [0.1, 0.15) is 52.9 Å². The topological polar surface area (TPSA) is 104 Å². The molecule has 0 aliphatic heterocycles. The molecule has 7 nitrogen and oxygen atoms in total. The summed E-state index contributed by atoms with van der Waals surface area (Å²) in [6.45, 7) is 9.19. The van der Waals surface area contributed by atoms with Crippen LogP contribution in [-0.4, -0.2) is 26.1 Å². The molecule has 2 aromatic heterocycles. The van der Waals surface area contributed by atoms with Crippen LogP contribution in [0.25, 0.3) is 0 Å². The number of H-pyrrole nitrogens is 2.